The molecule has 4 heavy (non-hydrogen) atoms. The van der Waals surface area contributed by atoms with E-state index in [-0.39, 0.29) is 39.0 Å². The Morgan fingerprint density at radius 1 is 0.750 bits per heavy atom. The third kappa shape index (κ3) is 16.9. The van der Waals surface area contributed by atoms with Crippen molar-refractivity contribution in [3.05, 3.63) is 0 Å². The van der Waals surface area contributed by atoms with Gasteiger partial charge in [0.05, 0.1) is 0 Å². The van der Waals surface area contributed by atoms with Gasteiger partial charge in [-0.1, -0.05) is 0 Å². The zero-order chi connectivity index (χ0) is 0. The predicted octanol–water partition coefficient (Wildman–Crippen LogP) is -0.737. The van der Waals surface area contributed by atoms with Crippen LogP contribution in [-0.2, 0) is 17.1 Å². The van der Waals surface area contributed by atoms with Crippen LogP contribution in [-0.4, -0.2) is 21.9 Å². The fourth-order valence-electron chi connectivity index (χ4n) is 0. The Morgan fingerprint density at radius 2 is 0.750 bits per heavy atom. The summed E-state index contributed by atoms with van der Waals surface area (Å²) in [5.41, 5.74) is 0. The van der Waals surface area contributed by atoms with Crippen molar-refractivity contribution in [2.75, 3.05) is 0 Å². The first-order valence-corrected chi connectivity index (χ1v) is 0. The molecular formula is H2CuO2Si. The van der Waals surface area contributed by atoms with E-state index in [4.69, 9.17) is 0 Å². The fraction of sp³-hybridized carbons (Fsp3) is 0. The molecule has 0 aromatic carbocycles. The third-order valence-corrected chi connectivity index (χ3v) is 0. The molecule has 0 unspecified atom stereocenters. The Labute approximate surface area is 39.7 Å². The summed E-state index contributed by atoms with van der Waals surface area (Å²) < 4.78 is 0. The van der Waals surface area contributed by atoms with Crippen molar-refractivity contribution in [2.45, 2.75) is 0 Å². The molecule has 4 heteroatoms. The van der Waals surface area contributed by atoms with Crippen LogP contribution in [0, 0.1) is 0 Å². The molecule has 0 atom stereocenters. The summed E-state index contributed by atoms with van der Waals surface area (Å²) in [6, 6.07) is 0. The van der Waals surface area contributed by atoms with Crippen molar-refractivity contribution in [3.8, 4) is 0 Å². The van der Waals surface area contributed by atoms with Gasteiger partial charge in [-0.2, -0.15) is 0 Å². The number of rotatable bonds is 0. The van der Waals surface area contributed by atoms with Crippen LogP contribution in [0.15, 0.2) is 0 Å². The Bertz CT molecular complexity index is 6.00. The first kappa shape index (κ1) is 144. The molecule has 0 bridgehead atoms. The first-order valence-electron chi connectivity index (χ1n) is 0. The molecule has 0 aliphatic rings. The van der Waals surface area contributed by atoms with E-state index >= 15 is 0 Å². The molecule has 5 radical (unpaired) electrons. The Kier molecular flexibility index (Phi) is 2160. The van der Waals surface area contributed by atoms with Gasteiger partial charge in [-0.05, 0) is 0 Å². The van der Waals surface area contributed by atoms with Gasteiger partial charge >= 0.3 is 17.1 Å². The molecule has 0 fully saturated rings. The molecule has 0 saturated heterocycles. The second-order valence-corrected chi connectivity index (χ2v) is 0. The number of hydrogen-bond donors (Lipinski definition) is 0. The normalized spacial score (nSPS) is 0. The summed E-state index contributed by atoms with van der Waals surface area (Å²) in [5.74, 6) is 0. The largest absolute Gasteiger partial charge is 2.00 e. The molecular weight excluding hydrogens is 124 g/mol. The smallest absolute Gasteiger partial charge is 0.870 e. The molecule has 0 amide bonds. The zero-order valence-corrected chi connectivity index (χ0v) is 3.64. The van der Waals surface area contributed by atoms with Gasteiger partial charge in [-0.3, -0.25) is 0 Å². The molecule has 0 spiro atoms. The minimum atomic E-state index is 0. The van der Waals surface area contributed by atoms with E-state index in [9.17, 15) is 0 Å². The van der Waals surface area contributed by atoms with Crippen LogP contribution in [0.25, 0.3) is 0 Å². The van der Waals surface area contributed by atoms with Crippen LogP contribution in [0.2, 0.25) is 0 Å². The Balaban J connectivity index is 0. The van der Waals surface area contributed by atoms with Gasteiger partial charge in [0.1, 0.15) is 0 Å². The van der Waals surface area contributed by atoms with Crippen LogP contribution < -0.4 is 0 Å². The maximum absolute atomic E-state index is 0. The Hall–Kier alpha value is 0.656. The van der Waals surface area contributed by atoms with Crippen LogP contribution >= 0.6 is 0 Å². The molecule has 0 aliphatic heterocycles. The molecule has 0 saturated carbocycles. The summed E-state index contributed by atoms with van der Waals surface area (Å²) in [4.78, 5) is 0. The second kappa shape index (κ2) is 59.9. The third-order valence-electron chi connectivity index (χ3n) is 0. The maximum Gasteiger partial charge on any atom is 2.00 e. The van der Waals surface area contributed by atoms with E-state index in [0.717, 1.165) is 0 Å². The summed E-state index contributed by atoms with van der Waals surface area (Å²) in [7, 11) is 0. The van der Waals surface area contributed by atoms with Gasteiger partial charge in [0, 0.05) is 11.0 Å². The zero-order valence-electron chi connectivity index (χ0n) is 1.70. The predicted molar refractivity (Wildman–Crippen MR) is 9.63 cm³/mol. The standard InChI is InChI=1S/Cu.2H2O.Si/h;2*1H2;/q+2;;;/p-2. The van der Waals surface area contributed by atoms with E-state index in [1.54, 1.807) is 0 Å². The van der Waals surface area contributed by atoms with Gasteiger partial charge in [-0.15, -0.1) is 0 Å². The fourth-order valence-corrected chi connectivity index (χ4v) is 0. The minimum absolute atomic E-state index is 0. The molecule has 0 rings (SSSR count). The molecule has 0 aromatic rings. The van der Waals surface area contributed by atoms with E-state index < -0.39 is 0 Å². The van der Waals surface area contributed by atoms with Gasteiger partial charge < -0.3 is 11.0 Å². The molecule has 0 aliphatic carbocycles. The van der Waals surface area contributed by atoms with Crippen LogP contribution in [0.1, 0.15) is 0 Å². The van der Waals surface area contributed by atoms with Crippen molar-refractivity contribution in [1.29, 1.82) is 0 Å². The van der Waals surface area contributed by atoms with Crippen molar-refractivity contribution >= 4 is 11.0 Å². The quantitative estimate of drug-likeness (QED) is 0.401. The first-order chi connectivity index (χ1) is 0. The van der Waals surface area contributed by atoms with Crippen molar-refractivity contribution < 1.29 is 28.0 Å². The average Bonchev–Trinajstić information content (AvgIpc) is 0. The van der Waals surface area contributed by atoms with Crippen molar-refractivity contribution in [2.24, 2.45) is 0 Å². The molecule has 0 heterocycles. The molecule has 2 N–H and O–H groups in total. The van der Waals surface area contributed by atoms with Gasteiger partial charge in [0.15, 0.2) is 0 Å². The average molecular weight is 126 g/mol. The topological polar surface area (TPSA) is 60.0 Å². The second-order valence-electron chi connectivity index (χ2n) is 0. The van der Waals surface area contributed by atoms with Crippen LogP contribution in [0.5, 0.6) is 0 Å². The van der Waals surface area contributed by atoms with Crippen LogP contribution in [0.4, 0.5) is 0 Å². The van der Waals surface area contributed by atoms with E-state index in [2.05, 4.69) is 0 Å². The number of hydrogen-bond acceptors (Lipinski definition) is 2. The summed E-state index contributed by atoms with van der Waals surface area (Å²) in [6.45, 7) is 0. The van der Waals surface area contributed by atoms with E-state index in [1.165, 1.54) is 0 Å². The summed E-state index contributed by atoms with van der Waals surface area (Å²) in [5, 5.41) is 0. The monoisotopic (exact) mass is 125 g/mol. The van der Waals surface area contributed by atoms with Gasteiger partial charge in [0.2, 0.25) is 0 Å². The summed E-state index contributed by atoms with van der Waals surface area (Å²) >= 11 is 0. The minimum Gasteiger partial charge on any atom is -0.870 e. The molecule has 0 aromatic heterocycles. The van der Waals surface area contributed by atoms with Gasteiger partial charge in [0.25, 0.3) is 0 Å². The van der Waals surface area contributed by atoms with Crippen molar-refractivity contribution in [3.63, 3.8) is 0 Å². The van der Waals surface area contributed by atoms with E-state index in [0.29, 0.717) is 0 Å². The SMILES string of the molecule is [Cu+2].[OH-].[OH-].[Si]. The van der Waals surface area contributed by atoms with Gasteiger partial charge in [-0.25, -0.2) is 0 Å². The summed E-state index contributed by atoms with van der Waals surface area (Å²) in [6.07, 6.45) is 0. The van der Waals surface area contributed by atoms with Crippen LogP contribution in [0.3, 0.4) is 0 Å². The van der Waals surface area contributed by atoms with E-state index in [1.807, 2.05) is 0 Å². The molecule has 29 valence electrons. The maximum atomic E-state index is 0. The van der Waals surface area contributed by atoms with Crippen molar-refractivity contribution in [1.82, 2.24) is 0 Å². The Morgan fingerprint density at radius 3 is 0.750 bits per heavy atom. The molecule has 2 nitrogen and oxygen atoms in total.